The number of nitrogens with one attached hydrogen (secondary N) is 2. The lowest BCUT2D eigenvalue weighted by atomic mass is 9.94. The number of fused-ring (bicyclic) bond motifs is 1. The fraction of sp³-hybridized carbons (Fsp3) is 0.323. The number of carboxylic acids is 1. The van der Waals surface area contributed by atoms with Gasteiger partial charge in [-0.25, -0.2) is 0 Å². The van der Waals surface area contributed by atoms with Crippen molar-refractivity contribution < 1.29 is 24.0 Å². The third-order valence-corrected chi connectivity index (χ3v) is 7.07. The molecule has 0 aliphatic heterocycles. The Morgan fingerprint density at radius 3 is 2.29 bits per heavy atom. The van der Waals surface area contributed by atoms with Gasteiger partial charge in [0.05, 0.1) is 0 Å². The first-order valence-electron chi connectivity index (χ1n) is 13.8. The van der Waals surface area contributed by atoms with Crippen molar-refractivity contribution in [3.05, 3.63) is 95.6 Å². The Balaban J connectivity index is 1.61. The first-order valence-corrected chi connectivity index (χ1v) is 13.8. The van der Waals surface area contributed by atoms with E-state index in [2.05, 4.69) is 20.8 Å². The molecule has 2 unspecified atom stereocenters. The Labute approximate surface area is 243 Å². The van der Waals surface area contributed by atoms with E-state index in [1.807, 2.05) is 72.8 Å². The molecule has 0 aliphatic carbocycles. The molecule has 0 bridgehead atoms. The van der Waals surface area contributed by atoms with E-state index >= 15 is 0 Å². The highest BCUT2D eigenvalue weighted by Gasteiger charge is 2.31. The minimum Gasteiger partial charge on any atom is -0.480 e. The molecule has 0 aliphatic rings. The summed E-state index contributed by atoms with van der Waals surface area (Å²) in [4.78, 5) is 43.0. The Morgan fingerprint density at radius 2 is 1.62 bits per heavy atom. The van der Waals surface area contributed by atoms with Crippen molar-refractivity contribution in [3.8, 4) is 0 Å². The van der Waals surface area contributed by atoms with Gasteiger partial charge in [0.2, 0.25) is 17.7 Å². The average molecular weight is 573 g/mol. The Hall–Kier alpha value is -4.61. The Morgan fingerprint density at radius 1 is 0.905 bits per heavy atom. The van der Waals surface area contributed by atoms with Crippen LogP contribution in [0.5, 0.6) is 0 Å². The maximum absolute atomic E-state index is 13.9. The maximum atomic E-state index is 13.9. The van der Waals surface area contributed by atoms with Crippen LogP contribution in [0.2, 0.25) is 0 Å². The number of amides is 2. The topological polar surface area (TPSA) is 186 Å². The third-order valence-electron chi connectivity index (χ3n) is 7.07. The van der Waals surface area contributed by atoms with Crippen LogP contribution in [-0.2, 0) is 27.2 Å². The fourth-order valence-corrected chi connectivity index (χ4v) is 4.84. The van der Waals surface area contributed by atoms with E-state index < -0.39 is 41.8 Å². The number of aliphatic carboxylic acids is 1. The van der Waals surface area contributed by atoms with Gasteiger partial charge in [-0.1, -0.05) is 78.0 Å². The van der Waals surface area contributed by atoms with Crippen LogP contribution in [0.15, 0.2) is 77.3 Å². The van der Waals surface area contributed by atoms with E-state index in [0.29, 0.717) is 12.2 Å². The van der Waals surface area contributed by atoms with Gasteiger partial charge in [-0.05, 0) is 48.2 Å². The molecule has 0 radical (unpaired) electrons. The molecule has 0 fully saturated rings. The van der Waals surface area contributed by atoms with Gasteiger partial charge in [-0.2, -0.15) is 4.98 Å². The van der Waals surface area contributed by atoms with Crippen LogP contribution >= 0.6 is 0 Å². The number of aromatic nitrogens is 2. The molecule has 42 heavy (non-hydrogen) atoms. The number of benzene rings is 3. The Bertz CT molecular complexity index is 1510. The summed E-state index contributed by atoms with van der Waals surface area (Å²) < 4.78 is 5.42. The highest BCUT2D eigenvalue weighted by Crippen LogP contribution is 2.20. The first kappa shape index (κ1) is 30.4. The van der Waals surface area contributed by atoms with Gasteiger partial charge in [0.1, 0.15) is 18.1 Å². The molecule has 220 valence electrons. The number of hydrogen-bond acceptors (Lipinski definition) is 8. The minimum atomic E-state index is -1.24. The molecule has 0 saturated carbocycles. The van der Waals surface area contributed by atoms with Gasteiger partial charge in [-0.15, -0.1) is 0 Å². The quantitative estimate of drug-likeness (QED) is 0.151. The lowest BCUT2D eigenvalue weighted by molar-refractivity contribution is -0.139. The van der Waals surface area contributed by atoms with E-state index in [1.165, 1.54) is 0 Å². The van der Waals surface area contributed by atoms with Crippen molar-refractivity contribution >= 4 is 28.6 Å². The summed E-state index contributed by atoms with van der Waals surface area (Å²) >= 11 is 0. The van der Waals surface area contributed by atoms with E-state index in [9.17, 15) is 19.5 Å². The van der Waals surface area contributed by atoms with Gasteiger partial charge in [0.25, 0.3) is 0 Å². The summed E-state index contributed by atoms with van der Waals surface area (Å²) in [5, 5.41) is 21.1. The number of nitrogens with zero attached hydrogens (tertiary/aromatic N) is 2. The average Bonchev–Trinajstić information content (AvgIpc) is 3.42. The van der Waals surface area contributed by atoms with Crippen molar-refractivity contribution in [2.75, 3.05) is 6.54 Å². The van der Waals surface area contributed by atoms with Crippen molar-refractivity contribution in [2.45, 2.75) is 50.7 Å². The van der Waals surface area contributed by atoms with Crippen LogP contribution in [0.4, 0.5) is 0 Å². The molecule has 2 amide bonds. The lowest BCUT2D eigenvalue weighted by Crippen LogP contribution is -2.51. The van der Waals surface area contributed by atoms with Gasteiger partial charge in [-0.3, -0.25) is 14.4 Å². The van der Waals surface area contributed by atoms with E-state index in [-0.39, 0.29) is 31.7 Å². The van der Waals surface area contributed by atoms with Crippen LogP contribution in [0.1, 0.15) is 41.7 Å². The molecule has 4 atom stereocenters. The minimum absolute atomic E-state index is 0.111. The standard InChI is InChI=1S/C31H36N6O5/c1-19-34-30(42-37-19)27(16-20-7-3-2-4-8-20)36-29(39)26(17-21-11-12-22-9-5-6-10-23(22)15-21)35-28(38)24(13-14-32)18-25(33)31(40)41/h2-12,15,24-27H,13-14,16-18,32-33H2,1H3,(H,35,38)(H,36,39)(H,40,41)/t24?,25?,26-,27-/m1/s1. The molecule has 11 nitrogen and oxygen atoms in total. The largest absolute Gasteiger partial charge is 0.480 e. The summed E-state index contributed by atoms with van der Waals surface area (Å²) in [6, 6.07) is 20.4. The fourth-order valence-electron chi connectivity index (χ4n) is 4.84. The van der Waals surface area contributed by atoms with Crippen molar-refractivity contribution in [1.82, 2.24) is 20.8 Å². The van der Waals surface area contributed by atoms with Gasteiger partial charge < -0.3 is 31.7 Å². The molecule has 4 aromatic rings. The van der Waals surface area contributed by atoms with Crippen molar-refractivity contribution in [2.24, 2.45) is 17.4 Å². The normalized spacial score (nSPS) is 14.1. The summed E-state index contributed by atoms with van der Waals surface area (Å²) in [5.41, 5.74) is 13.2. The highest BCUT2D eigenvalue weighted by atomic mass is 16.5. The van der Waals surface area contributed by atoms with Gasteiger partial charge in [0, 0.05) is 18.8 Å². The maximum Gasteiger partial charge on any atom is 0.320 e. The predicted octanol–water partition coefficient (Wildman–Crippen LogP) is 2.43. The summed E-state index contributed by atoms with van der Waals surface area (Å²) in [5.74, 6) is -2.28. The van der Waals surface area contributed by atoms with Crippen molar-refractivity contribution in [3.63, 3.8) is 0 Å². The lowest BCUT2D eigenvalue weighted by Gasteiger charge is -2.25. The monoisotopic (exact) mass is 572 g/mol. The van der Waals surface area contributed by atoms with E-state index in [1.54, 1.807) is 6.92 Å². The van der Waals surface area contributed by atoms with Gasteiger partial charge >= 0.3 is 5.97 Å². The molecule has 3 aromatic carbocycles. The first-order chi connectivity index (χ1) is 20.2. The zero-order chi connectivity index (χ0) is 30.1. The SMILES string of the molecule is Cc1noc([C@@H](Cc2ccccc2)NC(=O)[C@@H](Cc2ccc3ccccc3c2)NC(=O)C(CCN)CC(N)C(=O)O)n1. The molecule has 1 aromatic heterocycles. The number of carbonyl (C=O) groups excluding carboxylic acids is 2. The number of hydrogen-bond donors (Lipinski definition) is 5. The van der Waals surface area contributed by atoms with Crippen LogP contribution in [0, 0.1) is 12.8 Å². The summed E-state index contributed by atoms with van der Waals surface area (Å²) in [7, 11) is 0. The van der Waals surface area contributed by atoms with Crippen LogP contribution < -0.4 is 22.1 Å². The molecular weight excluding hydrogens is 536 g/mol. The van der Waals surface area contributed by atoms with Crippen LogP contribution in [0.25, 0.3) is 10.8 Å². The molecule has 7 N–H and O–H groups in total. The second kappa shape index (κ2) is 14.3. The van der Waals surface area contributed by atoms with Crippen LogP contribution in [0.3, 0.4) is 0 Å². The zero-order valence-electron chi connectivity index (χ0n) is 23.4. The molecule has 0 spiro atoms. The molecular formula is C31H36N6O5. The van der Waals surface area contributed by atoms with Crippen molar-refractivity contribution in [1.29, 1.82) is 0 Å². The second-order valence-corrected chi connectivity index (χ2v) is 10.3. The highest BCUT2D eigenvalue weighted by molar-refractivity contribution is 5.90. The third kappa shape index (κ3) is 8.21. The van der Waals surface area contributed by atoms with E-state index in [0.717, 1.165) is 21.9 Å². The number of rotatable bonds is 14. The van der Waals surface area contributed by atoms with Gasteiger partial charge in [0.15, 0.2) is 5.82 Å². The molecule has 11 heteroatoms. The summed E-state index contributed by atoms with van der Waals surface area (Å²) in [6.07, 6.45) is 0.674. The molecule has 0 saturated heterocycles. The smallest absolute Gasteiger partial charge is 0.320 e. The Kier molecular flexibility index (Phi) is 10.4. The number of aryl methyl sites for hydroxylation is 1. The summed E-state index contributed by atoms with van der Waals surface area (Å²) in [6.45, 7) is 1.85. The number of carbonyl (C=O) groups is 3. The number of nitrogens with two attached hydrogens (primary N) is 2. The van der Waals surface area contributed by atoms with Crippen LogP contribution in [-0.4, -0.2) is 51.7 Å². The second-order valence-electron chi connectivity index (χ2n) is 10.3. The van der Waals surface area contributed by atoms with E-state index in [4.69, 9.17) is 16.0 Å². The zero-order valence-corrected chi connectivity index (χ0v) is 23.4. The number of carboxylic acid groups (broad SMARTS) is 1. The molecule has 4 rings (SSSR count). The predicted molar refractivity (Wildman–Crippen MR) is 157 cm³/mol. The molecule has 1 heterocycles.